The highest BCUT2D eigenvalue weighted by Gasteiger charge is 2.39. The van der Waals surface area contributed by atoms with E-state index < -0.39 is 15.8 Å². The zero-order chi connectivity index (χ0) is 13.3. The Bertz CT molecular complexity index is 383. The van der Waals surface area contributed by atoms with Crippen molar-refractivity contribution >= 4 is 10.0 Å². The molecule has 2 aliphatic heterocycles. The molecule has 2 heterocycles. The molecule has 0 amide bonds. The van der Waals surface area contributed by atoms with Crippen molar-refractivity contribution in [2.24, 2.45) is 5.73 Å². The zero-order valence-corrected chi connectivity index (χ0v) is 11.0. The van der Waals surface area contributed by atoms with Crippen LogP contribution in [0, 0.1) is 0 Å². The SMILES string of the molecule is NC1CCN(C2CCN(S(=O)(=O)C(F)F)C2)CC1. The number of halogens is 2. The molecular weight excluding hydrogens is 264 g/mol. The molecule has 5 nitrogen and oxygen atoms in total. The minimum Gasteiger partial charge on any atom is -0.328 e. The van der Waals surface area contributed by atoms with E-state index in [9.17, 15) is 17.2 Å². The van der Waals surface area contributed by atoms with Crippen LogP contribution < -0.4 is 5.73 Å². The molecular formula is C10H19F2N3O2S. The molecule has 2 N–H and O–H groups in total. The standard InChI is InChI=1S/C10H19F2N3O2S/c11-10(12)18(16,17)15-6-3-9(7-15)14-4-1-8(13)2-5-14/h8-10H,1-7,13H2. The molecule has 0 aromatic heterocycles. The first-order valence-corrected chi connectivity index (χ1v) is 7.68. The van der Waals surface area contributed by atoms with Gasteiger partial charge in [-0.15, -0.1) is 0 Å². The molecule has 2 fully saturated rings. The monoisotopic (exact) mass is 283 g/mol. The summed E-state index contributed by atoms with van der Waals surface area (Å²) >= 11 is 0. The summed E-state index contributed by atoms with van der Waals surface area (Å²) in [7, 11) is -4.41. The molecule has 2 saturated heterocycles. The fraction of sp³-hybridized carbons (Fsp3) is 1.00. The van der Waals surface area contributed by atoms with Crippen molar-refractivity contribution in [1.82, 2.24) is 9.21 Å². The average molecular weight is 283 g/mol. The Morgan fingerprint density at radius 3 is 2.28 bits per heavy atom. The van der Waals surface area contributed by atoms with Crippen molar-refractivity contribution < 1.29 is 17.2 Å². The van der Waals surface area contributed by atoms with Crippen molar-refractivity contribution in [3.05, 3.63) is 0 Å². The summed E-state index contributed by atoms with van der Waals surface area (Å²) in [5, 5.41) is 0. The summed E-state index contributed by atoms with van der Waals surface area (Å²) in [6.45, 7) is 2.03. The van der Waals surface area contributed by atoms with Gasteiger partial charge >= 0.3 is 5.76 Å². The van der Waals surface area contributed by atoms with Crippen LogP contribution in [0.4, 0.5) is 8.78 Å². The van der Waals surface area contributed by atoms with E-state index in [0.717, 1.165) is 30.2 Å². The second kappa shape index (κ2) is 5.36. The Morgan fingerprint density at radius 2 is 1.72 bits per heavy atom. The van der Waals surface area contributed by atoms with Crippen LogP contribution in [0.5, 0.6) is 0 Å². The molecule has 0 aromatic carbocycles. The second-order valence-corrected chi connectivity index (χ2v) is 6.88. The minimum absolute atomic E-state index is 0.0611. The molecule has 0 aliphatic carbocycles. The molecule has 18 heavy (non-hydrogen) atoms. The molecule has 8 heteroatoms. The smallest absolute Gasteiger partial charge is 0.328 e. The summed E-state index contributed by atoms with van der Waals surface area (Å²) in [6, 6.07) is 0.273. The number of hydrogen-bond donors (Lipinski definition) is 1. The van der Waals surface area contributed by atoms with E-state index in [2.05, 4.69) is 4.90 Å². The predicted molar refractivity (Wildman–Crippen MR) is 63.7 cm³/mol. The lowest BCUT2D eigenvalue weighted by atomic mass is 10.0. The van der Waals surface area contributed by atoms with E-state index in [4.69, 9.17) is 5.73 Å². The summed E-state index contributed by atoms with van der Waals surface area (Å²) in [5.74, 6) is -3.31. The third-order valence-electron chi connectivity index (χ3n) is 3.80. The number of nitrogens with zero attached hydrogens (tertiary/aromatic N) is 2. The van der Waals surface area contributed by atoms with Gasteiger partial charge in [0.2, 0.25) is 0 Å². The first-order valence-electron chi connectivity index (χ1n) is 6.18. The van der Waals surface area contributed by atoms with Gasteiger partial charge in [0, 0.05) is 25.2 Å². The Kier molecular flexibility index (Phi) is 4.20. The maximum atomic E-state index is 12.4. The highest BCUT2D eigenvalue weighted by Crippen LogP contribution is 2.24. The van der Waals surface area contributed by atoms with Gasteiger partial charge in [0.25, 0.3) is 10.0 Å². The first kappa shape index (κ1) is 14.1. The van der Waals surface area contributed by atoms with Crippen LogP contribution in [-0.4, -0.2) is 61.6 Å². The lowest BCUT2D eigenvalue weighted by Gasteiger charge is -2.34. The summed E-state index contributed by atoms with van der Waals surface area (Å²) < 4.78 is 48.5. The van der Waals surface area contributed by atoms with E-state index in [1.54, 1.807) is 0 Å². The van der Waals surface area contributed by atoms with Gasteiger partial charge in [-0.3, -0.25) is 4.90 Å². The van der Waals surface area contributed by atoms with Crippen molar-refractivity contribution in [2.75, 3.05) is 26.2 Å². The van der Waals surface area contributed by atoms with E-state index >= 15 is 0 Å². The van der Waals surface area contributed by atoms with E-state index in [1.165, 1.54) is 0 Å². The van der Waals surface area contributed by atoms with E-state index in [0.29, 0.717) is 6.42 Å². The predicted octanol–water partition coefficient (Wildman–Crippen LogP) is 0.0362. The fourth-order valence-electron chi connectivity index (χ4n) is 2.64. The molecule has 2 aliphatic rings. The topological polar surface area (TPSA) is 66.6 Å². The molecule has 0 aromatic rings. The molecule has 1 atom stereocenters. The quantitative estimate of drug-likeness (QED) is 0.794. The number of nitrogens with two attached hydrogens (primary N) is 1. The lowest BCUT2D eigenvalue weighted by molar-refractivity contribution is 0.157. The Hall–Kier alpha value is -0.310. The van der Waals surface area contributed by atoms with Crippen LogP contribution in [0.3, 0.4) is 0 Å². The highest BCUT2D eigenvalue weighted by molar-refractivity contribution is 7.89. The van der Waals surface area contributed by atoms with Crippen LogP contribution >= 0.6 is 0 Å². The Labute approximate surface area is 106 Å². The fourth-order valence-corrected chi connectivity index (χ4v) is 3.60. The Balaban J connectivity index is 1.93. The maximum Gasteiger partial charge on any atom is 0.350 e. The van der Waals surface area contributed by atoms with Crippen LogP contribution in [0.25, 0.3) is 0 Å². The molecule has 2 rings (SSSR count). The van der Waals surface area contributed by atoms with E-state index in [1.807, 2.05) is 0 Å². The number of piperidine rings is 1. The van der Waals surface area contributed by atoms with Crippen molar-refractivity contribution in [3.8, 4) is 0 Å². The minimum atomic E-state index is -4.41. The van der Waals surface area contributed by atoms with Gasteiger partial charge in [-0.1, -0.05) is 0 Å². The van der Waals surface area contributed by atoms with Crippen LogP contribution in [0.15, 0.2) is 0 Å². The maximum absolute atomic E-state index is 12.4. The highest BCUT2D eigenvalue weighted by atomic mass is 32.2. The van der Waals surface area contributed by atoms with Gasteiger partial charge in [-0.2, -0.15) is 13.1 Å². The third-order valence-corrected chi connectivity index (χ3v) is 5.30. The van der Waals surface area contributed by atoms with Gasteiger partial charge in [-0.25, -0.2) is 8.42 Å². The molecule has 1 unspecified atom stereocenters. The van der Waals surface area contributed by atoms with Crippen molar-refractivity contribution in [2.45, 2.75) is 37.1 Å². The Morgan fingerprint density at radius 1 is 1.11 bits per heavy atom. The number of sulfonamides is 1. The summed E-state index contributed by atoms with van der Waals surface area (Å²) in [6.07, 6.45) is 2.40. The van der Waals surface area contributed by atoms with Crippen LogP contribution in [-0.2, 0) is 10.0 Å². The summed E-state index contributed by atoms with van der Waals surface area (Å²) in [5.41, 5.74) is 5.80. The number of alkyl halides is 2. The average Bonchev–Trinajstić information content (AvgIpc) is 2.79. The second-order valence-electron chi connectivity index (χ2n) is 4.98. The normalized spacial score (nSPS) is 29.2. The van der Waals surface area contributed by atoms with Crippen molar-refractivity contribution in [1.29, 1.82) is 0 Å². The number of hydrogen-bond acceptors (Lipinski definition) is 4. The molecule has 0 radical (unpaired) electrons. The van der Waals surface area contributed by atoms with Gasteiger partial charge in [0.15, 0.2) is 0 Å². The van der Waals surface area contributed by atoms with Gasteiger partial charge in [0.05, 0.1) is 0 Å². The molecule has 0 spiro atoms. The largest absolute Gasteiger partial charge is 0.350 e. The molecule has 0 saturated carbocycles. The molecule has 106 valence electrons. The van der Waals surface area contributed by atoms with Crippen LogP contribution in [0.1, 0.15) is 19.3 Å². The summed E-state index contributed by atoms with van der Waals surface area (Å²) in [4.78, 5) is 2.17. The van der Waals surface area contributed by atoms with Crippen molar-refractivity contribution in [3.63, 3.8) is 0 Å². The number of rotatable bonds is 3. The van der Waals surface area contributed by atoms with Crippen LogP contribution in [0.2, 0.25) is 0 Å². The van der Waals surface area contributed by atoms with Gasteiger partial charge in [-0.05, 0) is 32.4 Å². The van der Waals surface area contributed by atoms with Gasteiger partial charge < -0.3 is 5.73 Å². The van der Waals surface area contributed by atoms with Gasteiger partial charge in [0.1, 0.15) is 0 Å². The van der Waals surface area contributed by atoms with E-state index in [-0.39, 0.29) is 25.2 Å². The zero-order valence-electron chi connectivity index (χ0n) is 10.1. The first-order chi connectivity index (χ1) is 8.41. The lowest BCUT2D eigenvalue weighted by Crippen LogP contribution is -2.46. The molecule has 0 bridgehead atoms. The third kappa shape index (κ3) is 2.81. The number of likely N-dealkylation sites (tertiary alicyclic amines) is 1.